The van der Waals surface area contributed by atoms with Gasteiger partial charge in [-0.1, -0.05) is 96.5 Å². The number of aromatic nitrogens is 1. The molecule has 2 aromatic heterocycles. The van der Waals surface area contributed by atoms with Gasteiger partial charge in [-0.2, -0.15) is 0 Å². The van der Waals surface area contributed by atoms with Gasteiger partial charge in [0.15, 0.2) is 0 Å². The highest BCUT2D eigenvalue weighted by Gasteiger charge is 2.18. The lowest BCUT2D eigenvalue weighted by molar-refractivity contribution is -0.134. The molecule has 0 amide bonds. The first-order valence-corrected chi connectivity index (χ1v) is 20.3. The normalized spacial score (nSPS) is 13.8. The summed E-state index contributed by atoms with van der Waals surface area (Å²) >= 11 is 1.82. The van der Waals surface area contributed by atoms with Gasteiger partial charge in [0.2, 0.25) is 5.88 Å². The highest BCUT2D eigenvalue weighted by molar-refractivity contribution is 7.17. The molecule has 1 fully saturated rings. The summed E-state index contributed by atoms with van der Waals surface area (Å²) in [6.07, 6.45) is 20.8. The first-order chi connectivity index (χ1) is 24.2. The van der Waals surface area contributed by atoms with Gasteiger partial charge in [0.05, 0.1) is 12.1 Å². The van der Waals surface area contributed by atoms with Crippen LogP contribution in [-0.4, -0.2) is 55.2 Å². The molecule has 0 saturated carbocycles. The lowest BCUT2D eigenvalue weighted by atomic mass is 10.0. The molecule has 5 rings (SSSR count). The van der Waals surface area contributed by atoms with Crippen LogP contribution in [0.15, 0.2) is 60.0 Å². The molecule has 1 aliphatic heterocycles. The van der Waals surface area contributed by atoms with Crippen LogP contribution in [0.25, 0.3) is 21.0 Å². The van der Waals surface area contributed by atoms with E-state index in [0.717, 1.165) is 75.1 Å². The van der Waals surface area contributed by atoms with Crippen molar-refractivity contribution in [3.8, 4) is 11.6 Å². The number of ether oxygens (including phenoxy) is 2. The predicted octanol–water partition coefficient (Wildman–Crippen LogP) is 11.2. The zero-order valence-electron chi connectivity index (χ0n) is 30.0. The number of nitrogens with zero attached hydrogens (tertiary/aromatic N) is 3. The van der Waals surface area contributed by atoms with Crippen molar-refractivity contribution in [2.24, 2.45) is 0 Å². The first-order valence-electron chi connectivity index (χ1n) is 19.4. The monoisotopic (exact) mass is 685 g/mol. The van der Waals surface area contributed by atoms with E-state index in [1.807, 2.05) is 35.6 Å². The Bertz CT molecular complexity index is 1530. The summed E-state index contributed by atoms with van der Waals surface area (Å²) in [6, 6.07) is 18.6. The summed E-state index contributed by atoms with van der Waals surface area (Å²) in [7, 11) is 0. The van der Waals surface area contributed by atoms with E-state index in [1.165, 1.54) is 92.8 Å². The van der Waals surface area contributed by atoms with Crippen LogP contribution in [0.5, 0.6) is 11.6 Å². The number of carbonyl (C=O) groups excluding carboxylic acids is 1. The van der Waals surface area contributed by atoms with Gasteiger partial charge in [0.25, 0.3) is 0 Å². The fraction of sp³-hybridized carbons (Fsp3) is 0.571. The molecule has 0 radical (unpaired) electrons. The minimum Gasteiger partial charge on any atom is -0.494 e. The van der Waals surface area contributed by atoms with E-state index in [-0.39, 0.29) is 5.97 Å². The molecule has 0 bridgehead atoms. The predicted molar refractivity (Wildman–Crippen MR) is 208 cm³/mol. The molecular weight excluding hydrogens is 627 g/mol. The first kappa shape index (κ1) is 37.1. The molecule has 0 spiro atoms. The summed E-state index contributed by atoms with van der Waals surface area (Å²) in [5.41, 5.74) is 2.16. The van der Waals surface area contributed by atoms with E-state index < -0.39 is 0 Å². The Hall–Kier alpha value is -3.16. The summed E-state index contributed by atoms with van der Waals surface area (Å²) in [5.74, 6) is 0.980. The number of hydrogen-bond acceptors (Lipinski definition) is 7. The average Bonchev–Trinajstić information content (AvgIpc) is 3.61. The van der Waals surface area contributed by atoms with E-state index in [1.54, 1.807) is 6.07 Å². The molecule has 1 saturated heterocycles. The molecule has 0 atom stereocenters. The molecule has 6 nitrogen and oxygen atoms in total. The van der Waals surface area contributed by atoms with Crippen molar-refractivity contribution in [1.82, 2.24) is 9.88 Å². The summed E-state index contributed by atoms with van der Waals surface area (Å²) in [6.45, 7) is 8.42. The highest BCUT2D eigenvalue weighted by atomic mass is 32.1. The van der Waals surface area contributed by atoms with Gasteiger partial charge < -0.3 is 14.4 Å². The van der Waals surface area contributed by atoms with Crippen LogP contribution in [0, 0.1) is 0 Å². The Balaban J connectivity index is 0.905. The van der Waals surface area contributed by atoms with Crippen LogP contribution in [0.3, 0.4) is 0 Å². The van der Waals surface area contributed by atoms with Gasteiger partial charge >= 0.3 is 5.97 Å². The molecule has 49 heavy (non-hydrogen) atoms. The second kappa shape index (κ2) is 21.1. The van der Waals surface area contributed by atoms with Crippen LogP contribution in [-0.2, 0) is 4.79 Å². The number of rotatable bonds is 23. The molecular formula is C42H59N3O3S. The third-order valence-corrected chi connectivity index (χ3v) is 10.8. The van der Waals surface area contributed by atoms with Crippen molar-refractivity contribution in [2.75, 3.05) is 44.2 Å². The topological polar surface area (TPSA) is 54.9 Å². The Morgan fingerprint density at radius 2 is 1.45 bits per heavy atom. The largest absolute Gasteiger partial charge is 0.494 e. The number of hydrogen-bond donors (Lipinski definition) is 0. The quantitative estimate of drug-likeness (QED) is 0.0572. The maximum Gasteiger partial charge on any atom is 0.312 e. The summed E-state index contributed by atoms with van der Waals surface area (Å²) in [4.78, 5) is 22.2. The molecule has 3 heterocycles. The molecule has 266 valence electrons. The van der Waals surface area contributed by atoms with E-state index in [9.17, 15) is 4.79 Å². The number of fused-ring (bicyclic) bond motifs is 2. The second-order valence-electron chi connectivity index (χ2n) is 13.8. The molecule has 0 aliphatic carbocycles. The highest BCUT2D eigenvalue weighted by Crippen LogP contribution is 2.31. The SMILES string of the molecule is CCCCCCCCCCCCCCCCC(=O)Oc1ccc2ccc(OCCCCN3CCN(c4cccc5sccc45)CC3)cc2n1. The Morgan fingerprint density at radius 3 is 2.18 bits per heavy atom. The van der Waals surface area contributed by atoms with Gasteiger partial charge in [-0.25, -0.2) is 4.98 Å². The van der Waals surface area contributed by atoms with E-state index >= 15 is 0 Å². The molecule has 1 aliphatic rings. The third-order valence-electron chi connectivity index (χ3n) is 9.91. The molecule has 4 aromatic rings. The number of anilines is 1. The van der Waals surface area contributed by atoms with Crippen molar-refractivity contribution in [3.63, 3.8) is 0 Å². The molecule has 7 heteroatoms. The molecule has 2 aromatic carbocycles. The van der Waals surface area contributed by atoms with Gasteiger partial charge in [0.1, 0.15) is 5.75 Å². The van der Waals surface area contributed by atoms with Crippen molar-refractivity contribution in [2.45, 2.75) is 116 Å². The minimum atomic E-state index is -0.195. The van der Waals surface area contributed by atoms with Gasteiger partial charge in [-0.05, 0) is 67.6 Å². The lowest BCUT2D eigenvalue weighted by Gasteiger charge is -2.36. The third kappa shape index (κ3) is 12.6. The van der Waals surface area contributed by atoms with E-state index in [0.29, 0.717) is 18.9 Å². The average molecular weight is 686 g/mol. The van der Waals surface area contributed by atoms with Gasteiger partial charge in [0, 0.05) is 65.9 Å². The number of carbonyl (C=O) groups is 1. The number of unbranched alkanes of at least 4 members (excludes halogenated alkanes) is 14. The van der Waals surface area contributed by atoms with Crippen molar-refractivity contribution < 1.29 is 14.3 Å². The number of piperazine rings is 1. The number of pyridine rings is 1. The van der Waals surface area contributed by atoms with Gasteiger partial charge in [-0.15, -0.1) is 11.3 Å². The Morgan fingerprint density at radius 1 is 0.755 bits per heavy atom. The fourth-order valence-electron chi connectivity index (χ4n) is 6.95. The maximum absolute atomic E-state index is 12.5. The van der Waals surface area contributed by atoms with Crippen LogP contribution in [0.2, 0.25) is 0 Å². The zero-order chi connectivity index (χ0) is 33.9. The zero-order valence-corrected chi connectivity index (χ0v) is 30.8. The van der Waals surface area contributed by atoms with Crippen LogP contribution in [0.1, 0.15) is 116 Å². The fourth-order valence-corrected chi connectivity index (χ4v) is 7.76. The van der Waals surface area contributed by atoms with E-state index in [4.69, 9.17) is 9.47 Å². The van der Waals surface area contributed by atoms with Crippen molar-refractivity contribution in [3.05, 3.63) is 60.0 Å². The maximum atomic E-state index is 12.5. The summed E-state index contributed by atoms with van der Waals surface area (Å²) < 4.78 is 13.1. The summed E-state index contributed by atoms with van der Waals surface area (Å²) in [5, 5.41) is 4.58. The second-order valence-corrected chi connectivity index (χ2v) is 14.8. The van der Waals surface area contributed by atoms with Crippen LogP contribution >= 0.6 is 11.3 Å². The molecule has 0 N–H and O–H groups in total. The number of benzene rings is 2. The Labute approximate surface area is 299 Å². The number of thiophene rings is 1. The standard InChI is InChI=1S/C42H59N3O3S/c1-2-3-4-5-6-7-8-9-10-11-12-13-14-15-21-42(46)48-41-25-23-35-22-24-36(34-38(35)43-41)47-32-17-16-27-44-28-30-45(31-29-44)39-19-18-20-40-37(39)26-33-49-40/h18-20,22-26,33-34H,2-17,21,27-32H2,1H3. The smallest absolute Gasteiger partial charge is 0.312 e. The minimum absolute atomic E-state index is 0.195. The Kier molecular flexibility index (Phi) is 16.0. The van der Waals surface area contributed by atoms with Gasteiger partial charge in [-0.3, -0.25) is 9.69 Å². The molecule has 0 unspecified atom stereocenters. The lowest BCUT2D eigenvalue weighted by Crippen LogP contribution is -2.46. The van der Waals surface area contributed by atoms with Crippen molar-refractivity contribution >= 4 is 44.0 Å². The number of esters is 1. The van der Waals surface area contributed by atoms with Crippen LogP contribution in [0.4, 0.5) is 5.69 Å². The van der Waals surface area contributed by atoms with E-state index in [2.05, 4.69) is 51.4 Å². The van der Waals surface area contributed by atoms with Crippen LogP contribution < -0.4 is 14.4 Å². The van der Waals surface area contributed by atoms with Crippen molar-refractivity contribution in [1.29, 1.82) is 0 Å².